The van der Waals surface area contributed by atoms with Gasteiger partial charge < -0.3 is 19.2 Å². The molecular weight excluding hydrogens is 448 g/mol. The number of ether oxygens (including phenoxy) is 2. The highest BCUT2D eigenvalue weighted by Crippen LogP contribution is 2.29. The van der Waals surface area contributed by atoms with E-state index in [0.717, 1.165) is 15.6 Å². The fourth-order valence-corrected chi connectivity index (χ4v) is 3.29. The van der Waals surface area contributed by atoms with Gasteiger partial charge in [-0.25, -0.2) is 4.98 Å². The average Bonchev–Trinajstić information content (AvgIpc) is 3.18. The summed E-state index contributed by atoms with van der Waals surface area (Å²) in [6.45, 7) is 2.01. The molecule has 30 heavy (non-hydrogen) atoms. The molecule has 3 aromatic carbocycles. The van der Waals surface area contributed by atoms with E-state index >= 15 is 0 Å². The fourth-order valence-electron chi connectivity index (χ4n) is 3.05. The zero-order valence-electron chi connectivity index (χ0n) is 16.7. The number of nitrogens with zero attached hydrogens (tertiary/aromatic N) is 1. The summed E-state index contributed by atoms with van der Waals surface area (Å²) in [5.74, 6) is 1.34. The number of rotatable bonds is 5. The van der Waals surface area contributed by atoms with Gasteiger partial charge in [0, 0.05) is 27.4 Å². The first kappa shape index (κ1) is 20.0. The van der Waals surface area contributed by atoms with Crippen molar-refractivity contribution < 1.29 is 18.7 Å². The lowest BCUT2D eigenvalue weighted by molar-refractivity contribution is 0.102. The van der Waals surface area contributed by atoms with E-state index in [1.54, 1.807) is 50.6 Å². The number of hydrogen-bond acceptors (Lipinski definition) is 5. The summed E-state index contributed by atoms with van der Waals surface area (Å²) >= 11 is 3.50. The minimum atomic E-state index is -0.279. The number of methoxy groups -OCH3 is 2. The molecule has 152 valence electrons. The average molecular weight is 467 g/mol. The molecular formula is C23H19BrN2O4. The van der Waals surface area contributed by atoms with Gasteiger partial charge >= 0.3 is 0 Å². The summed E-state index contributed by atoms with van der Waals surface area (Å²) in [6, 6.07) is 16.3. The van der Waals surface area contributed by atoms with Crippen LogP contribution in [-0.2, 0) is 0 Å². The van der Waals surface area contributed by atoms with Crippen LogP contribution >= 0.6 is 15.9 Å². The second-order valence-electron chi connectivity index (χ2n) is 6.72. The van der Waals surface area contributed by atoms with Gasteiger partial charge in [-0.2, -0.15) is 0 Å². The molecule has 4 rings (SSSR count). The maximum atomic E-state index is 12.7. The summed E-state index contributed by atoms with van der Waals surface area (Å²) < 4.78 is 17.4. The lowest BCUT2D eigenvalue weighted by atomic mass is 10.1. The number of halogens is 1. The predicted molar refractivity (Wildman–Crippen MR) is 119 cm³/mol. The molecule has 7 heteroatoms. The molecule has 0 spiro atoms. The van der Waals surface area contributed by atoms with Gasteiger partial charge in [0.2, 0.25) is 5.89 Å². The third-order valence-electron chi connectivity index (χ3n) is 4.66. The van der Waals surface area contributed by atoms with E-state index in [0.29, 0.717) is 39.7 Å². The first-order valence-electron chi connectivity index (χ1n) is 9.18. The molecule has 0 aliphatic rings. The molecule has 1 amide bonds. The Balaban J connectivity index is 1.61. The fraction of sp³-hybridized carbons (Fsp3) is 0.130. The molecule has 6 nitrogen and oxygen atoms in total. The Kier molecular flexibility index (Phi) is 5.46. The number of fused-ring (bicyclic) bond motifs is 1. The number of hydrogen-bond donors (Lipinski definition) is 1. The lowest BCUT2D eigenvalue weighted by Gasteiger charge is -2.09. The molecule has 1 heterocycles. The van der Waals surface area contributed by atoms with Crippen molar-refractivity contribution in [2.24, 2.45) is 0 Å². The summed E-state index contributed by atoms with van der Waals surface area (Å²) in [4.78, 5) is 17.3. The highest BCUT2D eigenvalue weighted by atomic mass is 79.9. The number of amides is 1. The van der Waals surface area contributed by atoms with Crippen LogP contribution in [0.15, 0.2) is 63.5 Å². The second kappa shape index (κ2) is 8.20. The number of carbonyl (C=O) groups is 1. The smallest absolute Gasteiger partial charge is 0.255 e. The number of nitrogens with one attached hydrogen (secondary N) is 1. The van der Waals surface area contributed by atoms with Gasteiger partial charge in [-0.3, -0.25) is 4.79 Å². The highest BCUT2D eigenvalue weighted by molar-refractivity contribution is 9.10. The Labute approximate surface area is 182 Å². The molecule has 1 aromatic heterocycles. The van der Waals surface area contributed by atoms with Crippen LogP contribution in [-0.4, -0.2) is 25.1 Å². The predicted octanol–water partition coefficient (Wildman–Crippen LogP) is 5.84. The van der Waals surface area contributed by atoms with Crippen LogP contribution in [0.1, 0.15) is 15.9 Å². The van der Waals surface area contributed by atoms with E-state index in [9.17, 15) is 4.79 Å². The minimum Gasteiger partial charge on any atom is -0.497 e. The van der Waals surface area contributed by atoms with Crippen molar-refractivity contribution in [3.05, 3.63) is 70.2 Å². The first-order valence-corrected chi connectivity index (χ1v) is 9.97. The van der Waals surface area contributed by atoms with E-state index in [1.165, 1.54) is 0 Å². The number of oxazole rings is 1. The summed E-state index contributed by atoms with van der Waals surface area (Å²) in [5, 5.41) is 2.88. The summed E-state index contributed by atoms with van der Waals surface area (Å²) in [7, 11) is 3.08. The van der Waals surface area contributed by atoms with Crippen LogP contribution in [0.4, 0.5) is 5.69 Å². The molecule has 4 aromatic rings. The number of aryl methyl sites for hydroxylation is 1. The zero-order chi connectivity index (χ0) is 21.3. The van der Waals surface area contributed by atoms with E-state index < -0.39 is 0 Å². The molecule has 0 saturated carbocycles. The van der Waals surface area contributed by atoms with Crippen molar-refractivity contribution >= 4 is 38.6 Å². The maximum Gasteiger partial charge on any atom is 0.255 e. The normalized spacial score (nSPS) is 10.8. The third kappa shape index (κ3) is 4.02. The van der Waals surface area contributed by atoms with Gasteiger partial charge in [0.25, 0.3) is 5.91 Å². The molecule has 1 N–H and O–H groups in total. The van der Waals surface area contributed by atoms with Crippen molar-refractivity contribution in [3.63, 3.8) is 0 Å². The van der Waals surface area contributed by atoms with Crippen molar-refractivity contribution in [1.29, 1.82) is 0 Å². The quantitative estimate of drug-likeness (QED) is 0.400. The van der Waals surface area contributed by atoms with Crippen LogP contribution in [0.3, 0.4) is 0 Å². The number of carbonyl (C=O) groups excluding carboxylic acids is 1. The molecule has 0 radical (unpaired) electrons. The number of aromatic nitrogens is 1. The number of anilines is 1. The topological polar surface area (TPSA) is 73.6 Å². The van der Waals surface area contributed by atoms with Crippen LogP contribution < -0.4 is 14.8 Å². The van der Waals surface area contributed by atoms with Gasteiger partial charge in [-0.15, -0.1) is 0 Å². The van der Waals surface area contributed by atoms with Crippen LogP contribution in [0, 0.1) is 6.92 Å². The van der Waals surface area contributed by atoms with E-state index in [1.807, 2.05) is 25.1 Å². The van der Waals surface area contributed by atoms with Crippen LogP contribution in [0.2, 0.25) is 0 Å². The highest BCUT2D eigenvalue weighted by Gasteiger charge is 2.13. The SMILES string of the molecule is COc1cc(OC)cc(C(=O)Nc2ccc3oc(-c4ccc(Br)c(C)c4)nc3c2)c1. The van der Waals surface area contributed by atoms with Crippen LogP contribution in [0.25, 0.3) is 22.6 Å². The Hall–Kier alpha value is -3.32. The van der Waals surface area contributed by atoms with Crippen LogP contribution in [0.5, 0.6) is 11.5 Å². The van der Waals surface area contributed by atoms with E-state index in [4.69, 9.17) is 13.9 Å². The van der Waals surface area contributed by atoms with E-state index in [-0.39, 0.29) is 5.91 Å². The van der Waals surface area contributed by atoms with Gasteiger partial charge in [-0.05, 0) is 61.0 Å². The summed E-state index contributed by atoms with van der Waals surface area (Å²) in [6.07, 6.45) is 0. The molecule has 0 bridgehead atoms. The van der Waals surface area contributed by atoms with Gasteiger partial charge in [0.1, 0.15) is 17.0 Å². The zero-order valence-corrected chi connectivity index (χ0v) is 18.2. The standard InChI is InChI=1S/C23H19BrN2O4/c1-13-8-14(4-6-19(13)24)23-26-20-11-16(5-7-21(20)30-23)25-22(27)15-9-17(28-2)12-18(10-15)29-3/h4-12H,1-3H3,(H,25,27). The summed E-state index contributed by atoms with van der Waals surface area (Å²) in [5.41, 5.74) is 4.33. The molecule has 0 saturated heterocycles. The molecule has 0 fully saturated rings. The molecule has 0 aliphatic carbocycles. The Bertz CT molecular complexity index is 1230. The van der Waals surface area contributed by atoms with Gasteiger partial charge in [-0.1, -0.05) is 15.9 Å². The molecule has 0 aliphatic heterocycles. The van der Waals surface area contributed by atoms with Crippen molar-refractivity contribution in [2.45, 2.75) is 6.92 Å². The third-order valence-corrected chi connectivity index (χ3v) is 5.55. The maximum absolute atomic E-state index is 12.7. The van der Waals surface area contributed by atoms with E-state index in [2.05, 4.69) is 26.2 Å². The Morgan fingerprint density at radius 1 is 1.00 bits per heavy atom. The Morgan fingerprint density at radius 2 is 1.73 bits per heavy atom. The van der Waals surface area contributed by atoms with Crippen molar-refractivity contribution in [1.82, 2.24) is 4.98 Å². The Morgan fingerprint density at radius 3 is 2.40 bits per heavy atom. The second-order valence-corrected chi connectivity index (χ2v) is 7.58. The van der Waals surface area contributed by atoms with Crippen molar-refractivity contribution in [3.8, 4) is 23.0 Å². The lowest BCUT2D eigenvalue weighted by Crippen LogP contribution is -2.12. The monoisotopic (exact) mass is 466 g/mol. The minimum absolute atomic E-state index is 0.279. The largest absolute Gasteiger partial charge is 0.497 e. The van der Waals surface area contributed by atoms with Gasteiger partial charge in [0.05, 0.1) is 14.2 Å². The number of benzene rings is 3. The molecule has 0 atom stereocenters. The first-order chi connectivity index (χ1) is 14.5. The van der Waals surface area contributed by atoms with Crippen molar-refractivity contribution in [2.75, 3.05) is 19.5 Å². The molecule has 0 unspecified atom stereocenters. The van der Waals surface area contributed by atoms with Gasteiger partial charge in [0.15, 0.2) is 5.58 Å².